The van der Waals surface area contributed by atoms with E-state index in [1.54, 1.807) is 13.0 Å². The van der Waals surface area contributed by atoms with E-state index in [1.165, 1.54) is 0 Å². The Morgan fingerprint density at radius 1 is 1.33 bits per heavy atom. The van der Waals surface area contributed by atoms with E-state index < -0.39 is 5.79 Å². The van der Waals surface area contributed by atoms with Crippen molar-refractivity contribution in [3.63, 3.8) is 0 Å². The topological polar surface area (TPSA) is 35.5 Å². The van der Waals surface area contributed by atoms with Crippen LogP contribution in [0.2, 0.25) is 0 Å². The molecule has 1 aliphatic heterocycles. The van der Waals surface area contributed by atoms with Gasteiger partial charge in [-0.15, -0.1) is 0 Å². The smallest absolute Gasteiger partial charge is 0.163 e. The monoisotopic (exact) mass is 212 g/mol. The van der Waals surface area contributed by atoms with E-state index >= 15 is 0 Å². The van der Waals surface area contributed by atoms with Gasteiger partial charge in [-0.25, -0.2) is 0 Å². The Morgan fingerprint density at radius 2 is 1.93 bits per heavy atom. The molecule has 1 saturated heterocycles. The van der Waals surface area contributed by atoms with Gasteiger partial charge in [0.2, 0.25) is 0 Å². The van der Waals surface area contributed by atoms with Crippen molar-refractivity contribution in [1.29, 1.82) is 0 Å². The highest BCUT2D eigenvalue weighted by Gasteiger charge is 2.39. The molecule has 0 bridgehead atoms. The minimum atomic E-state index is -0.491. The number of hydrogen-bond donors (Lipinski definition) is 0. The summed E-state index contributed by atoms with van der Waals surface area (Å²) in [5.41, 5.74) is 0. The van der Waals surface area contributed by atoms with Gasteiger partial charge in [-0.05, 0) is 39.7 Å². The zero-order chi connectivity index (χ0) is 11.5. The first-order chi connectivity index (χ1) is 6.94. The van der Waals surface area contributed by atoms with E-state index in [-0.39, 0.29) is 18.0 Å². The molecule has 1 rings (SSSR count). The summed E-state index contributed by atoms with van der Waals surface area (Å²) in [7, 11) is 0. The maximum atomic E-state index is 10.7. The Hall–Kier alpha value is -0.670. The Balaban J connectivity index is 2.50. The molecule has 3 heteroatoms. The molecule has 0 unspecified atom stereocenters. The molecule has 15 heavy (non-hydrogen) atoms. The molecule has 86 valence electrons. The molecular weight excluding hydrogens is 192 g/mol. The van der Waals surface area contributed by atoms with Gasteiger partial charge in [0.25, 0.3) is 0 Å². The van der Waals surface area contributed by atoms with Crippen LogP contribution in [-0.2, 0) is 14.3 Å². The van der Waals surface area contributed by atoms with Gasteiger partial charge in [-0.1, -0.05) is 13.0 Å². The highest BCUT2D eigenvalue weighted by atomic mass is 16.7. The van der Waals surface area contributed by atoms with Crippen LogP contribution in [0.3, 0.4) is 0 Å². The first-order valence-corrected chi connectivity index (χ1v) is 5.47. The van der Waals surface area contributed by atoms with E-state index in [9.17, 15) is 4.79 Å². The number of carbonyl (C=O) groups is 1. The van der Waals surface area contributed by atoms with Gasteiger partial charge in [-0.3, -0.25) is 4.79 Å². The summed E-state index contributed by atoms with van der Waals surface area (Å²) in [6.45, 7) is 7.47. The van der Waals surface area contributed by atoms with Crippen LogP contribution in [-0.4, -0.2) is 23.8 Å². The molecule has 0 aliphatic carbocycles. The lowest BCUT2D eigenvalue weighted by Crippen LogP contribution is -2.21. The summed E-state index contributed by atoms with van der Waals surface area (Å²) < 4.78 is 11.5. The largest absolute Gasteiger partial charge is 0.345 e. The summed E-state index contributed by atoms with van der Waals surface area (Å²) in [6.07, 6.45) is 5.32. The van der Waals surface area contributed by atoms with Gasteiger partial charge in [-0.2, -0.15) is 0 Å². The Kier molecular flexibility index (Phi) is 4.05. The van der Waals surface area contributed by atoms with Gasteiger partial charge in [0, 0.05) is 0 Å². The maximum absolute atomic E-state index is 10.7. The van der Waals surface area contributed by atoms with Crippen LogP contribution in [0.25, 0.3) is 0 Å². The van der Waals surface area contributed by atoms with Crippen LogP contribution < -0.4 is 0 Å². The summed E-state index contributed by atoms with van der Waals surface area (Å²) in [5, 5.41) is 0. The predicted molar refractivity (Wildman–Crippen MR) is 58.6 cm³/mol. The lowest BCUT2D eigenvalue weighted by atomic mass is 10.1. The van der Waals surface area contributed by atoms with Crippen LogP contribution in [0, 0.1) is 0 Å². The van der Waals surface area contributed by atoms with Gasteiger partial charge < -0.3 is 9.47 Å². The SMILES string of the molecule is CC[C@H]1OC(C)(C)O[C@@H]1C/C=C/C(C)=O. The third kappa shape index (κ3) is 3.76. The van der Waals surface area contributed by atoms with Crippen molar-refractivity contribution in [3.8, 4) is 0 Å². The molecule has 0 N–H and O–H groups in total. The van der Waals surface area contributed by atoms with Crippen LogP contribution in [0.1, 0.15) is 40.5 Å². The molecule has 1 aliphatic rings. The standard InChI is InChI=1S/C12H20O3/c1-5-10-11(8-6-7-9(2)13)15-12(3,4)14-10/h6-7,10-11H,5,8H2,1-4H3/b7-6+/t10-,11-/m1/s1. The van der Waals surface area contributed by atoms with Crippen molar-refractivity contribution in [2.75, 3.05) is 0 Å². The average molecular weight is 212 g/mol. The number of hydrogen-bond acceptors (Lipinski definition) is 3. The molecule has 3 nitrogen and oxygen atoms in total. The van der Waals surface area contributed by atoms with Crippen LogP contribution >= 0.6 is 0 Å². The highest BCUT2D eigenvalue weighted by molar-refractivity contribution is 5.87. The van der Waals surface area contributed by atoms with E-state index in [4.69, 9.17) is 9.47 Å². The molecule has 0 amide bonds. The molecule has 1 heterocycles. The normalized spacial score (nSPS) is 29.9. The zero-order valence-corrected chi connectivity index (χ0v) is 9.95. The molecule has 0 spiro atoms. The van der Waals surface area contributed by atoms with Crippen molar-refractivity contribution in [2.24, 2.45) is 0 Å². The maximum Gasteiger partial charge on any atom is 0.163 e. The molecule has 1 fully saturated rings. The van der Waals surface area contributed by atoms with E-state index in [0.717, 1.165) is 12.8 Å². The molecular formula is C12H20O3. The van der Waals surface area contributed by atoms with Gasteiger partial charge >= 0.3 is 0 Å². The van der Waals surface area contributed by atoms with Crippen molar-refractivity contribution in [3.05, 3.63) is 12.2 Å². The second-order valence-corrected chi connectivity index (χ2v) is 4.37. The third-order valence-corrected chi connectivity index (χ3v) is 2.41. The highest BCUT2D eigenvalue weighted by Crippen LogP contribution is 2.31. The fraction of sp³-hybridized carbons (Fsp3) is 0.750. The third-order valence-electron chi connectivity index (χ3n) is 2.41. The lowest BCUT2D eigenvalue weighted by Gasteiger charge is -2.16. The number of carbonyl (C=O) groups excluding carboxylic acids is 1. The van der Waals surface area contributed by atoms with Gasteiger partial charge in [0.1, 0.15) is 0 Å². The van der Waals surface area contributed by atoms with Crippen molar-refractivity contribution < 1.29 is 14.3 Å². The molecule has 0 aromatic heterocycles. The molecule has 0 aromatic rings. The lowest BCUT2D eigenvalue weighted by molar-refractivity contribution is -0.146. The van der Waals surface area contributed by atoms with E-state index in [1.807, 2.05) is 19.9 Å². The van der Waals surface area contributed by atoms with Gasteiger partial charge in [0.15, 0.2) is 11.6 Å². The first-order valence-electron chi connectivity index (χ1n) is 5.47. The average Bonchev–Trinajstić information content (AvgIpc) is 2.40. The number of allylic oxidation sites excluding steroid dienone is 1. The minimum absolute atomic E-state index is 0.0700. The Morgan fingerprint density at radius 3 is 2.47 bits per heavy atom. The first kappa shape index (κ1) is 12.4. The number of ether oxygens (including phenoxy) is 2. The van der Waals surface area contributed by atoms with Crippen LogP contribution in [0.15, 0.2) is 12.2 Å². The quantitative estimate of drug-likeness (QED) is 0.671. The molecule has 2 atom stereocenters. The second kappa shape index (κ2) is 4.90. The molecule has 0 radical (unpaired) electrons. The fourth-order valence-corrected chi connectivity index (χ4v) is 1.82. The molecule has 0 saturated carbocycles. The van der Waals surface area contributed by atoms with E-state index in [0.29, 0.717) is 0 Å². The zero-order valence-electron chi connectivity index (χ0n) is 9.95. The van der Waals surface area contributed by atoms with Gasteiger partial charge in [0.05, 0.1) is 12.2 Å². The van der Waals surface area contributed by atoms with E-state index in [2.05, 4.69) is 6.92 Å². The molecule has 0 aromatic carbocycles. The minimum Gasteiger partial charge on any atom is -0.345 e. The summed E-state index contributed by atoms with van der Waals surface area (Å²) >= 11 is 0. The summed E-state index contributed by atoms with van der Waals surface area (Å²) in [6, 6.07) is 0. The second-order valence-electron chi connectivity index (χ2n) is 4.37. The Bertz CT molecular complexity index is 256. The summed E-state index contributed by atoms with van der Waals surface area (Å²) in [5.74, 6) is -0.420. The van der Waals surface area contributed by atoms with Crippen LogP contribution in [0.5, 0.6) is 0 Å². The fourth-order valence-electron chi connectivity index (χ4n) is 1.82. The Labute approximate surface area is 91.4 Å². The van der Waals surface area contributed by atoms with Crippen molar-refractivity contribution >= 4 is 5.78 Å². The van der Waals surface area contributed by atoms with Crippen LogP contribution in [0.4, 0.5) is 0 Å². The number of ketones is 1. The van der Waals surface area contributed by atoms with Crippen molar-refractivity contribution in [2.45, 2.75) is 58.5 Å². The van der Waals surface area contributed by atoms with Crippen molar-refractivity contribution in [1.82, 2.24) is 0 Å². The number of rotatable bonds is 4. The predicted octanol–water partition coefficient (Wildman–Crippen LogP) is 2.45. The summed E-state index contributed by atoms with van der Waals surface area (Å²) in [4.78, 5) is 10.7.